The van der Waals surface area contributed by atoms with E-state index in [9.17, 15) is 27.2 Å². The highest BCUT2D eigenvalue weighted by molar-refractivity contribution is 6.32. The van der Waals surface area contributed by atoms with Gasteiger partial charge in [0.1, 0.15) is 17.0 Å². The smallest absolute Gasteiger partial charge is 0.492 e. The highest BCUT2D eigenvalue weighted by Gasteiger charge is 2.34. The molecule has 15 heteroatoms. The van der Waals surface area contributed by atoms with Gasteiger partial charge < -0.3 is 30.0 Å². The van der Waals surface area contributed by atoms with Gasteiger partial charge in [-0.1, -0.05) is 11.6 Å². The fraction of sp³-hybridized carbons (Fsp3) is 0.136. The first-order chi connectivity index (χ1) is 17.4. The molecule has 0 aliphatic rings. The molecule has 3 rings (SSSR count). The molecule has 0 aliphatic heterocycles. The van der Waals surface area contributed by atoms with Gasteiger partial charge in [0.25, 0.3) is 11.8 Å². The van der Waals surface area contributed by atoms with Crippen LogP contribution in [0.4, 0.5) is 27.6 Å². The quantitative estimate of drug-likeness (QED) is 0.377. The molecule has 1 heterocycles. The summed E-state index contributed by atoms with van der Waals surface area (Å²) in [5.41, 5.74) is 4.15. The van der Waals surface area contributed by atoms with Crippen LogP contribution in [0, 0.1) is 11.6 Å². The first-order valence-corrected chi connectivity index (χ1v) is 10.2. The van der Waals surface area contributed by atoms with Crippen LogP contribution in [0.3, 0.4) is 0 Å². The van der Waals surface area contributed by atoms with E-state index in [0.717, 1.165) is 38.6 Å². The van der Waals surface area contributed by atoms with Gasteiger partial charge in [-0.25, -0.2) is 4.39 Å². The molecule has 0 spiro atoms. The molecule has 0 fully saturated rings. The Kier molecular flexibility index (Phi) is 7.91. The molecule has 0 saturated carbocycles. The summed E-state index contributed by atoms with van der Waals surface area (Å²) >= 11 is 6.01. The lowest BCUT2D eigenvalue weighted by molar-refractivity contribution is -0.275. The van der Waals surface area contributed by atoms with E-state index in [-0.39, 0.29) is 16.4 Å². The van der Waals surface area contributed by atoms with Crippen LogP contribution in [0.1, 0.15) is 20.8 Å². The number of amides is 2. The Morgan fingerprint density at radius 1 is 0.973 bits per heavy atom. The number of nitrogens with zero attached hydrogens (tertiary/aromatic N) is 1. The molecular weight excluding hydrogens is 533 g/mol. The molecule has 9 nitrogen and oxygen atoms in total. The van der Waals surface area contributed by atoms with Gasteiger partial charge in [0.2, 0.25) is 11.6 Å². The van der Waals surface area contributed by atoms with Gasteiger partial charge in [-0.2, -0.15) is 4.39 Å². The topological polar surface area (TPSA) is 122 Å². The fourth-order valence-corrected chi connectivity index (χ4v) is 3.27. The van der Waals surface area contributed by atoms with Crippen molar-refractivity contribution in [2.75, 3.05) is 19.5 Å². The number of nitrogens with two attached hydrogens (primary N) is 1. The van der Waals surface area contributed by atoms with Crippen LogP contribution in [0.2, 0.25) is 5.02 Å². The van der Waals surface area contributed by atoms with Crippen LogP contribution >= 0.6 is 11.6 Å². The first kappa shape index (κ1) is 27.3. The summed E-state index contributed by atoms with van der Waals surface area (Å²) in [6.07, 6.45) is -4.04. The van der Waals surface area contributed by atoms with Gasteiger partial charge in [0.05, 0.1) is 19.2 Å². The molecular formula is C22H15ClF5N3O6. The SMILES string of the molecule is COc1c(Cl)cc(Oc2ccc(OC(F)(F)F)c(F)c2OC)c(C(=O)Nc2ccnc(C(N)=O)c2)c1F. The summed E-state index contributed by atoms with van der Waals surface area (Å²) < 4.78 is 86.3. The number of rotatable bonds is 8. The molecule has 0 atom stereocenters. The van der Waals surface area contributed by atoms with E-state index < -0.39 is 64.1 Å². The normalized spacial score (nSPS) is 11.0. The third-order valence-electron chi connectivity index (χ3n) is 4.52. The van der Waals surface area contributed by atoms with Crippen molar-refractivity contribution in [3.05, 3.63) is 64.4 Å². The Hall–Kier alpha value is -4.33. The minimum absolute atomic E-state index is 0.00894. The van der Waals surface area contributed by atoms with Gasteiger partial charge in [-0.15, -0.1) is 13.2 Å². The molecule has 0 bridgehead atoms. The van der Waals surface area contributed by atoms with Crippen molar-refractivity contribution in [3.63, 3.8) is 0 Å². The summed E-state index contributed by atoms with van der Waals surface area (Å²) in [5.74, 6) is -8.67. The number of alkyl halides is 3. The maximum Gasteiger partial charge on any atom is 0.573 e. The molecule has 0 saturated heterocycles. The van der Waals surface area contributed by atoms with Crippen LogP contribution in [-0.2, 0) is 0 Å². The van der Waals surface area contributed by atoms with Crippen molar-refractivity contribution in [2.24, 2.45) is 5.73 Å². The molecule has 0 unspecified atom stereocenters. The van der Waals surface area contributed by atoms with Crippen LogP contribution in [-0.4, -0.2) is 37.4 Å². The van der Waals surface area contributed by atoms with E-state index in [1.165, 1.54) is 6.07 Å². The number of aromatic nitrogens is 1. The summed E-state index contributed by atoms with van der Waals surface area (Å²) in [4.78, 5) is 28.1. The second-order valence-electron chi connectivity index (χ2n) is 6.89. The highest BCUT2D eigenvalue weighted by Crippen LogP contribution is 2.43. The van der Waals surface area contributed by atoms with Crippen molar-refractivity contribution >= 4 is 29.1 Å². The Bertz CT molecular complexity index is 1370. The Morgan fingerprint density at radius 2 is 1.62 bits per heavy atom. The average Bonchev–Trinajstić information content (AvgIpc) is 2.80. The summed E-state index contributed by atoms with van der Waals surface area (Å²) in [7, 11) is 2.00. The summed E-state index contributed by atoms with van der Waals surface area (Å²) in [5, 5.41) is 1.95. The van der Waals surface area contributed by atoms with Gasteiger partial charge in [-0.3, -0.25) is 14.6 Å². The number of primary amides is 1. The van der Waals surface area contributed by atoms with E-state index in [4.69, 9.17) is 31.5 Å². The van der Waals surface area contributed by atoms with Crippen molar-refractivity contribution in [1.29, 1.82) is 0 Å². The number of carbonyl (C=O) groups excluding carboxylic acids is 2. The van der Waals surface area contributed by atoms with Crippen LogP contribution in [0.5, 0.6) is 28.7 Å². The van der Waals surface area contributed by atoms with Gasteiger partial charge in [0.15, 0.2) is 23.1 Å². The summed E-state index contributed by atoms with van der Waals surface area (Å²) in [6.45, 7) is 0. The predicted molar refractivity (Wildman–Crippen MR) is 118 cm³/mol. The first-order valence-electron chi connectivity index (χ1n) is 9.79. The van der Waals surface area contributed by atoms with Crippen LogP contribution in [0.25, 0.3) is 0 Å². The number of methoxy groups -OCH3 is 2. The predicted octanol–water partition coefficient (Wildman–Crippen LogP) is 5.07. The van der Waals surface area contributed by atoms with E-state index in [1.54, 1.807) is 0 Å². The Balaban J connectivity index is 2.08. The van der Waals surface area contributed by atoms with Crippen molar-refractivity contribution in [2.45, 2.75) is 6.36 Å². The highest BCUT2D eigenvalue weighted by atomic mass is 35.5. The lowest BCUT2D eigenvalue weighted by atomic mass is 10.1. The number of anilines is 1. The number of benzene rings is 2. The van der Waals surface area contributed by atoms with Crippen molar-refractivity contribution < 1.29 is 50.5 Å². The van der Waals surface area contributed by atoms with Gasteiger partial charge >= 0.3 is 6.36 Å². The average molecular weight is 548 g/mol. The number of pyridine rings is 1. The zero-order chi connectivity index (χ0) is 27.5. The largest absolute Gasteiger partial charge is 0.573 e. The molecule has 1 aromatic heterocycles. The zero-order valence-electron chi connectivity index (χ0n) is 18.7. The molecule has 3 N–H and O–H groups in total. The van der Waals surface area contributed by atoms with Crippen LogP contribution < -0.4 is 30.0 Å². The summed E-state index contributed by atoms with van der Waals surface area (Å²) in [6, 6.07) is 4.77. The molecule has 37 heavy (non-hydrogen) atoms. The van der Waals surface area contributed by atoms with Crippen molar-refractivity contribution in [3.8, 4) is 28.7 Å². The van der Waals surface area contributed by atoms with Crippen LogP contribution in [0.15, 0.2) is 36.5 Å². The Labute approximate surface area is 209 Å². The molecule has 2 amide bonds. The van der Waals surface area contributed by atoms with E-state index >= 15 is 4.39 Å². The lowest BCUT2D eigenvalue weighted by Crippen LogP contribution is -2.18. The third-order valence-corrected chi connectivity index (χ3v) is 4.80. The number of hydrogen-bond acceptors (Lipinski definition) is 7. The number of carbonyl (C=O) groups is 2. The molecule has 3 aromatic rings. The van der Waals surface area contributed by atoms with E-state index in [1.807, 2.05) is 0 Å². The zero-order valence-corrected chi connectivity index (χ0v) is 19.5. The number of hydrogen-bond donors (Lipinski definition) is 2. The number of nitrogens with one attached hydrogen (secondary N) is 1. The van der Waals surface area contributed by atoms with E-state index in [0.29, 0.717) is 6.07 Å². The minimum atomic E-state index is -5.20. The molecule has 0 radical (unpaired) electrons. The number of halogens is 6. The molecule has 2 aromatic carbocycles. The standard InChI is InChI=1S/C22H15ClF5N3O6/c1-34-18-10(23)8-14(36-13-4-3-12(37-22(26,27)28)16(24)19(13)35-2)15(17(18)25)21(33)31-9-5-6-30-11(7-9)20(29)32/h3-8H,1-2H3,(H2,29,32)(H,30,31,33). The molecule has 0 aliphatic carbocycles. The van der Waals surface area contributed by atoms with Crippen molar-refractivity contribution in [1.82, 2.24) is 4.98 Å². The van der Waals surface area contributed by atoms with E-state index in [2.05, 4.69) is 15.0 Å². The fourth-order valence-electron chi connectivity index (χ4n) is 3.01. The maximum absolute atomic E-state index is 15.3. The molecule has 196 valence electrons. The third kappa shape index (κ3) is 6.09. The lowest BCUT2D eigenvalue weighted by Gasteiger charge is -2.18. The monoisotopic (exact) mass is 547 g/mol. The second kappa shape index (κ2) is 10.7. The number of ether oxygens (including phenoxy) is 4. The maximum atomic E-state index is 15.3. The second-order valence-corrected chi connectivity index (χ2v) is 7.29. The Morgan fingerprint density at radius 3 is 2.22 bits per heavy atom. The van der Waals surface area contributed by atoms with Gasteiger partial charge in [0, 0.05) is 18.0 Å². The minimum Gasteiger partial charge on any atom is -0.492 e. The van der Waals surface area contributed by atoms with Gasteiger partial charge in [-0.05, 0) is 24.3 Å².